The first-order valence-electron chi connectivity index (χ1n) is 11.8. The van der Waals surface area contributed by atoms with Gasteiger partial charge in [0.05, 0.1) is 5.60 Å². The van der Waals surface area contributed by atoms with E-state index in [0.717, 1.165) is 37.4 Å². The molecule has 3 aromatic heterocycles. The Morgan fingerprint density at radius 2 is 1.83 bits per heavy atom. The van der Waals surface area contributed by atoms with Gasteiger partial charge in [0.25, 0.3) is 0 Å². The van der Waals surface area contributed by atoms with Gasteiger partial charge < -0.3 is 14.7 Å². The summed E-state index contributed by atoms with van der Waals surface area (Å²) in [7, 11) is 0. The summed E-state index contributed by atoms with van der Waals surface area (Å²) in [4.78, 5) is 15.6. The highest BCUT2D eigenvalue weighted by atomic mass is 19.4. The molecule has 2 bridgehead atoms. The third kappa shape index (κ3) is 4.91. The van der Waals surface area contributed by atoms with Crippen LogP contribution in [0.5, 0.6) is 5.88 Å². The monoisotopic (exact) mass is 490 g/mol. The summed E-state index contributed by atoms with van der Waals surface area (Å²) in [5.74, 6) is 2.71. The van der Waals surface area contributed by atoms with Gasteiger partial charge in [-0.3, -0.25) is 0 Å². The first-order chi connectivity index (χ1) is 16.5. The lowest BCUT2D eigenvalue weighted by molar-refractivity contribution is -0.154. The van der Waals surface area contributed by atoms with E-state index in [1.807, 2.05) is 13.0 Å². The predicted octanol–water partition coefficient (Wildman–Crippen LogP) is 3.70. The van der Waals surface area contributed by atoms with E-state index < -0.39 is 18.4 Å². The highest BCUT2D eigenvalue weighted by molar-refractivity contribution is 5.52. The molecule has 0 radical (unpaired) electrons. The van der Waals surface area contributed by atoms with Gasteiger partial charge in [0, 0.05) is 42.9 Å². The van der Waals surface area contributed by atoms with Crippen LogP contribution in [0.2, 0.25) is 0 Å². The van der Waals surface area contributed by atoms with E-state index in [1.54, 1.807) is 26.2 Å². The number of pyridine rings is 1. The molecule has 2 fully saturated rings. The number of hydrogen-bond donors (Lipinski definition) is 1. The van der Waals surface area contributed by atoms with Gasteiger partial charge in [0.15, 0.2) is 18.1 Å². The van der Waals surface area contributed by atoms with E-state index in [0.29, 0.717) is 41.2 Å². The van der Waals surface area contributed by atoms with E-state index in [2.05, 4.69) is 25.0 Å². The van der Waals surface area contributed by atoms with Gasteiger partial charge in [-0.1, -0.05) is 0 Å². The summed E-state index contributed by atoms with van der Waals surface area (Å²) in [6.45, 7) is 5.52. The molecule has 188 valence electrons. The van der Waals surface area contributed by atoms with Crippen LogP contribution < -0.4 is 9.64 Å². The molecule has 1 aliphatic heterocycles. The minimum atomic E-state index is -4.47. The van der Waals surface area contributed by atoms with E-state index >= 15 is 0 Å². The number of anilines is 1. The largest absolute Gasteiger partial charge is 0.468 e. The summed E-state index contributed by atoms with van der Waals surface area (Å²) in [5, 5.41) is 15.1. The molecule has 0 amide bonds. The smallest absolute Gasteiger partial charge is 0.422 e. The van der Waals surface area contributed by atoms with Gasteiger partial charge in [-0.05, 0) is 57.4 Å². The first-order valence-corrected chi connectivity index (χ1v) is 11.8. The van der Waals surface area contributed by atoms with Crippen molar-refractivity contribution in [1.82, 2.24) is 24.6 Å². The number of piperidine rings is 1. The highest BCUT2D eigenvalue weighted by Crippen LogP contribution is 2.44. The summed E-state index contributed by atoms with van der Waals surface area (Å²) in [6.07, 6.45) is -0.0358. The highest BCUT2D eigenvalue weighted by Gasteiger charge is 2.43. The third-order valence-electron chi connectivity index (χ3n) is 7.10. The Kier molecular flexibility index (Phi) is 5.85. The Hall–Kier alpha value is -2.95. The normalized spacial score (nSPS) is 22.7. The molecule has 1 N–H and O–H groups in total. The van der Waals surface area contributed by atoms with Crippen LogP contribution in [0.4, 0.5) is 19.0 Å². The molecule has 1 unspecified atom stereocenters. The Labute approximate surface area is 201 Å². The fraction of sp³-hybridized carbons (Fsp3) is 0.583. The molecular formula is C24H29F3N6O2. The molecule has 35 heavy (non-hydrogen) atoms. The third-order valence-corrected chi connectivity index (χ3v) is 7.10. The van der Waals surface area contributed by atoms with Crippen molar-refractivity contribution >= 4 is 11.5 Å². The minimum Gasteiger partial charge on any atom is -0.468 e. The molecule has 11 heteroatoms. The number of aromatic nitrogens is 5. The van der Waals surface area contributed by atoms with Crippen LogP contribution in [0.25, 0.3) is 5.65 Å². The standard InChI is InChI=1S/C24H29F3N6O2/c1-14-8-20(29-13-28-14)32-10-15-4-5-16(11-32)17(15)9-19-30-22-18(23(2,3)34)6-7-21(33(22)31-19)35-12-24(25,26)27/h6-8,13,15-17,34H,4-5,9-12H2,1-3H3/t15-,16+,17?. The van der Waals surface area contributed by atoms with Gasteiger partial charge in [-0.25, -0.2) is 15.0 Å². The zero-order valence-electron chi connectivity index (χ0n) is 20.0. The fourth-order valence-electron chi connectivity index (χ4n) is 5.49. The average molecular weight is 491 g/mol. The van der Waals surface area contributed by atoms with Crippen LogP contribution in [0, 0.1) is 24.7 Å². The van der Waals surface area contributed by atoms with E-state index in [4.69, 9.17) is 4.74 Å². The number of fused-ring (bicyclic) bond motifs is 3. The van der Waals surface area contributed by atoms with Crippen molar-refractivity contribution in [3.8, 4) is 5.88 Å². The van der Waals surface area contributed by atoms with Crippen molar-refractivity contribution in [2.75, 3.05) is 24.6 Å². The van der Waals surface area contributed by atoms with E-state index in [1.165, 1.54) is 10.6 Å². The lowest BCUT2D eigenvalue weighted by Crippen LogP contribution is -2.43. The molecule has 1 saturated heterocycles. The number of hydrogen-bond acceptors (Lipinski definition) is 7. The number of halogens is 3. The number of nitrogens with zero attached hydrogens (tertiary/aromatic N) is 6. The lowest BCUT2D eigenvalue weighted by Gasteiger charge is -2.38. The average Bonchev–Trinajstić information content (AvgIpc) is 3.27. The minimum absolute atomic E-state index is 0.0546. The Bertz CT molecular complexity index is 1210. The molecule has 3 atom stereocenters. The van der Waals surface area contributed by atoms with Crippen molar-refractivity contribution in [3.63, 3.8) is 0 Å². The summed E-state index contributed by atoms with van der Waals surface area (Å²) in [5.41, 5.74) is 0.485. The van der Waals surface area contributed by atoms with E-state index in [-0.39, 0.29) is 5.88 Å². The Morgan fingerprint density at radius 3 is 2.46 bits per heavy atom. The second-order valence-electron chi connectivity index (χ2n) is 10.2. The summed E-state index contributed by atoms with van der Waals surface area (Å²) < 4.78 is 44.6. The van der Waals surface area contributed by atoms with Gasteiger partial charge in [0.1, 0.15) is 12.1 Å². The van der Waals surface area contributed by atoms with E-state index in [9.17, 15) is 18.3 Å². The fourth-order valence-corrected chi connectivity index (χ4v) is 5.49. The number of rotatable bonds is 6. The van der Waals surface area contributed by atoms with Crippen molar-refractivity contribution < 1.29 is 23.0 Å². The maximum absolute atomic E-state index is 12.8. The Balaban J connectivity index is 1.40. The molecule has 3 aromatic rings. The molecule has 1 saturated carbocycles. The molecule has 8 nitrogen and oxygen atoms in total. The maximum Gasteiger partial charge on any atom is 0.422 e. The van der Waals surface area contributed by atoms with Crippen LogP contribution in [-0.2, 0) is 12.0 Å². The number of ether oxygens (including phenoxy) is 1. The van der Waals surface area contributed by atoms with Crippen LogP contribution in [0.15, 0.2) is 24.5 Å². The summed E-state index contributed by atoms with van der Waals surface area (Å²) in [6, 6.07) is 4.95. The van der Waals surface area contributed by atoms with Crippen LogP contribution >= 0.6 is 0 Å². The van der Waals surface area contributed by atoms with Crippen molar-refractivity contribution in [1.29, 1.82) is 0 Å². The van der Waals surface area contributed by atoms with Gasteiger partial charge in [0.2, 0.25) is 5.88 Å². The molecule has 2 aliphatic rings. The first kappa shape index (κ1) is 23.8. The number of aryl methyl sites for hydroxylation is 1. The second-order valence-corrected chi connectivity index (χ2v) is 10.2. The van der Waals surface area contributed by atoms with Crippen LogP contribution in [0.3, 0.4) is 0 Å². The topological polar surface area (TPSA) is 88.7 Å². The second kappa shape index (κ2) is 8.61. The van der Waals surface area contributed by atoms with Gasteiger partial charge in [-0.15, -0.1) is 5.10 Å². The molecule has 0 spiro atoms. The lowest BCUT2D eigenvalue weighted by atomic mass is 9.82. The van der Waals surface area contributed by atoms with Crippen molar-refractivity contribution in [2.45, 2.75) is 51.8 Å². The maximum atomic E-state index is 12.8. The molecule has 4 heterocycles. The predicted molar refractivity (Wildman–Crippen MR) is 122 cm³/mol. The number of alkyl halides is 3. The zero-order chi connectivity index (χ0) is 25.0. The van der Waals surface area contributed by atoms with Gasteiger partial charge in [-0.2, -0.15) is 17.7 Å². The summed E-state index contributed by atoms with van der Waals surface area (Å²) >= 11 is 0. The van der Waals surface area contributed by atoms with Gasteiger partial charge >= 0.3 is 6.18 Å². The molecule has 5 rings (SSSR count). The molecule has 1 aliphatic carbocycles. The van der Waals surface area contributed by atoms with Crippen molar-refractivity contribution in [2.24, 2.45) is 17.8 Å². The molecular weight excluding hydrogens is 461 g/mol. The van der Waals surface area contributed by atoms with Crippen LogP contribution in [-0.4, -0.2) is 55.5 Å². The van der Waals surface area contributed by atoms with Crippen LogP contribution in [0.1, 0.15) is 43.8 Å². The quantitative estimate of drug-likeness (QED) is 0.564. The molecule has 0 aromatic carbocycles. The number of aliphatic hydroxyl groups is 1. The Morgan fingerprint density at radius 1 is 1.11 bits per heavy atom. The van der Waals surface area contributed by atoms with Crippen molar-refractivity contribution in [3.05, 3.63) is 41.6 Å². The SMILES string of the molecule is Cc1cc(N2C[C@H]3CC[C@@H](C2)C3Cc2nc3c(C(C)(C)O)ccc(OCC(F)(F)F)n3n2)ncn1. The zero-order valence-corrected chi connectivity index (χ0v) is 20.0.